The lowest BCUT2D eigenvalue weighted by Crippen LogP contribution is -2.10. The topological polar surface area (TPSA) is 29.5 Å². The number of benzene rings is 8. The molecule has 2 aromatic heterocycles. The third kappa shape index (κ3) is 4.07. The third-order valence-corrected chi connectivity index (χ3v) is 9.42. The second-order valence-corrected chi connectivity index (χ2v) is 12.1. The van der Waals surface area contributed by atoms with Crippen molar-refractivity contribution in [2.45, 2.75) is 0 Å². The first-order valence-corrected chi connectivity index (χ1v) is 15.9. The van der Waals surface area contributed by atoms with Crippen molar-refractivity contribution in [3.8, 4) is 11.1 Å². The Labute approximate surface area is 270 Å². The van der Waals surface area contributed by atoms with Gasteiger partial charge >= 0.3 is 0 Å². The summed E-state index contributed by atoms with van der Waals surface area (Å²) in [5, 5.41) is 9.15. The summed E-state index contributed by atoms with van der Waals surface area (Å²) in [6, 6.07) is 57.8. The van der Waals surface area contributed by atoms with Crippen molar-refractivity contribution in [3.63, 3.8) is 0 Å². The zero-order valence-electron chi connectivity index (χ0n) is 25.4. The van der Waals surface area contributed by atoms with Crippen LogP contribution in [0.5, 0.6) is 0 Å². The molecule has 0 fully saturated rings. The van der Waals surface area contributed by atoms with E-state index in [2.05, 4.69) is 157 Å². The number of hydrogen-bond acceptors (Lipinski definition) is 3. The Morgan fingerprint density at radius 1 is 0.340 bits per heavy atom. The van der Waals surface area contributed by atoms with Crippen molar-refractivity contribution in [3.05, 3.63) is 164 Å². The van der Waals surface area contributed by atoms with Crippen molar-refractivity contribution in [2.24, 2.45) is 0 Å². The highest BCUT2D eigenvalue weighted by Gasteiger charge is 2.19. The fraction of sp³-hybridized carbons (Fsp3) is 0. The normalized spacial score (nSPS) is 11.8. The van der Waals surface area contributed by atoms with Crippen molar-refractivity contribution in [1.29, 1.82) is 0 Å². The van der Waals surface area contributed by atoms with Crippen molar-refractivity contribution in [1.82, 2.24) is 0 Å². The monoisotopic (exact) mass is 601 g/mol. The summed E-state index contributed by atoms with van der Waals surface area (Å²) in [5.41, 5.74) is 9.01. The molecule has 0 saturated carbocycles. The molecule has 0 saturated heterocycles. The molecule has 10 rings (SSSR count). The minimum atomic E-state index is 0.860. The first-order chi connectivity index (χ1) is 23.3. The van der Waals surface area contributed by atoms with E-state index in [-0.39, 0.29) is 0 Å². The van der Waals surface area contributed by atoms with Gasteiger partial charge in [-0.1, -0.05) is 103 Å². The van der Waals surface area contributed by atoms with E-state index in [1.54, 1.807) is 0 Å². The van der Waals surface area contributed by atoms with Crippen molar-refractivity contribution >= 4 is 82.5 Å². The summed E-state index contributed by atoms with van der Waals surface area (Å²) in [6.45, 7) is 0. The molecule has 0 N–H and O–H groups in total. The van der Waals surface area contributed by atoms with Crippen LogP contribution in [0.15, 0.2) is 173 Å². The van der Waals surface area contributed by atoms with Gasteiger partial charge in [-0.3, -0.25) is 0 Å². The highest BCUT2D eigenvalue weighted by Crippen LogP contribution is 2.43. The second kappa shape index (κ2) is 10.1. The van der Waals surface area contributed by atoms with Gasteiger partial charge in [0.05, 0.1) is 0 Å². The zero-order valence-corrected chi connectivity index (χ0v) is 25.4. The van der Waals surface area contributed by atoms with Gasteiger partial charge in [0.2, 0.25) is 0 Å². The maximum Gasteiger partial charge on any atom is 0.143 e. The van der Waals surface area contributed by atoms with Crippen LogP contribution < -0.4 is 4.90 Å². The molecule has 0 aliphatic carbocycles. The van der Waals surface area contributed by atoms with E-state index in [1.165, 1.54) is 16.3 Å². The highest BCUT2D eigenvalue weighted by atomic mass is 16.3. The van der Waals surface area contributed by atoms with Crippen molar-refractivity contribution in [2.75, 3.05) is 4.90 Å². The molecule has 3 nitrogen and oxygen atoms in total. The summed E-state index contributed by atoms with van der Waals surface area (Å²) in [4.78, 5) is 2.32. The molecule has 8 aromatic carbocycles. The zero-order chi connectivity index (χ0) is 30.9. The van der Waals surface area contributed by atoms with Crippen LogP contribution >= 0.6 is 0 Å². The highest BCUT2D eigenvalue weighted by molar-refractivity contribution is 6.19. The minimum absolute atomic E-state index is 0.860. The summed E-state index contributed by atoms with van der Waals surface area (Å²) in [7, 11) is 0. The molecule has 0 bridgehead atoms. The van der Waals surface area contributed by atoms with Gasteiger partial charge in [0.25, 0.3) is 0 Å². The number of anilines is 3. The standard InChI is InChI=1S/C44H27NO2/c1-2-9-28(10-3-1)31-12-8-13-32(25-31)45(33-20-17-30-18-22-37-36-15-6-7-16-40(36)47-44(37)39(30)26-33)34-21-23-38-42(27-34)46-41-24-19-29-11-4-5-14-35(29)43(38)41/h1-27H. The molecule has 0 amide bonds. The predicted octanol–water partition coefficient (Wildman–Crippen LogP) is 12.9. The summed E-state index contributed by atoms with van der Waals surface area (Å²) in [6.07, 6.45) is 0. The van der Waals surface area contributed by atoms with Gasteiger partial charge in [-0.2, -0.15) is 0 Å². The van der Waals surface area contributed by atoms with Gasteiger partial charge in [-0.25, -0.2) is 0 Å². The average Bonchev–Trinajstić information content (AvgIpc) is 3.71. The molecule has 2 heterocycles. The number of para-hydroxylation sites is 1. The van der Waals surface area contributed by atoms with Gasteiger partial charge in [0.1, 0.15) is 22.3 Å². The Hall–Kier alpha value is -6.32. The van der Waals surface area contributed by atoms with Crippen LogP contribution in [0.4, 0.5) is 17.1 Å². The van der Waals surface area contributed by atoms with Crippen LogP contribution in [-0.2, 0) is 0 Å². The van der Waals surface area contributed by atoms with Gasteiger partial charge in [0.15, 0.2) is 0 Å². The Kier molecular flexibility index (Phi) is 5.57. The summed E-state index contributed by atoms with van der Waals surface area (Å²) < 4.78 is 13.0. The van der Waals surface area contributed by atoms with E-state index in [0.29, 0.717) is 0 Å². The fourth-order valence-electron chi connectivity index (χ4n) is 7.21. The van der Waals surface area contributed by atoms with Crippen LogP contribution in [0.1, 0.15) is 0 Å². The molecule has 220 valence electrons. The maximum absolute atomic E-state index is 6.54. The van der Waals surface area contributed by atoms with Crippen LogP contribution in [0.2, 0.25) is 0 Å². The minimum Gasteiger partial charge on any atom is -0.456 e. The molecule has 0 atom stereocenters. The summed E-state index contributed by atoms with van der Waals surface area (Å²) >= 11 is 0. The third-order valence-electron chi connectivity index (χ3n) is 9.42. The Morgan fingerprint density at radius 2 is 1.02 bits per heavy atom. The molecule has 10 aromatic rings. The molecular formula is C44H27NO2. The van der Waals surface area contributed by atoms with Crippen molar-refractivity contribution < 1.29 is 8.83 Å². The van der Waals surface area contributed by atoms with Gasteiger partial charge in [-0.05, 0) is 81.9 Å². The van der Waals surface area contributed by atoms with Gasteiger partial charge in [0, 0.05) is 50.1 Å². The molecule has 0 spiro atoms. The Balaban J connectivity index is 1.21. The van der Waals surface area contributed by atoms with E-state index >= 15 is 0 Å². The molecular weight excluding hydrogens is 574 g/mol. The lowest BCUT2D eigenvalue weighted by molar-refractivity contribution is 0.669. The molecule has 47 heavy (non-hydrogen) atoms. The average molecular weight is 602 g/mol. The quantitative estimate of drug-likeness (QED) is 0.201. The fourth-order valence-corrected chi connectivity index (χ4v) is 7.21. The smallest absolute Gasteiger partial charge is 0.143 e. The van der Waals surface area contributed by atoms with Gasteiger partial charge < -0.3 is 13.7 Å². The van der Waals surface area contributed by atoms with Crippen LogP contribution in [0.25, 0.3) is 76.5 Å². The predicted molar refractivity (Wildman–Crippen MR) is 196 cm³/mol. The van der Waals surface area contributed by atoms with E-state index in [9.17, 15) is 0 Å². The van der Waals surface area contributed by atoms with E-state index < -0.39 is 0 Å². The number of furan rings is 2. The van der Waals surface area contributed by atoms with E-state index in [0.717, 1.165) is 77.3 Å². The Bertz CT molecular complexity index is 2810. The molecule has 0 unspecified atom stereocenters. The summed E-state index contributed by atoms with van der Waals surface area (Å²) in [5.74, 6) is 0. The molecule has 0 aliphatic heterocycles. The lowest BCUT2D eigenvalue weighted by atomic mass is 10.0. The lowest BCUT2D eigenvalue weighted by Gasteiger charge is -2.26. The number of rotatable bonds is 4. The first-order valence-electron chi connectivity index (χ1n) is 15.9. The first kappa shape index (κ1) is 26.0. The Morgan fingerprint density at radius 3 is 1.96 bits per heavy atom. The second-order valence-electron chi connectivity index (χ2n) is 12.1. The largest absolute Gasteiger partial charge is 0.456 e. The van der Waals surface area contributed by atoms with Crippen LogP contribution in [0.3, 0.4) is 0 Å². The SMILES string of the molecule is c1ccc(-c2cccc(N(c3ccc4c(c3)oc3ccc5ccccc5c34)c3ccc4ccc5c6ccccc6oc5c4c3)c2)cc1. The van der Waals surface area contributed by atoms with Crippen LogP contribution in [0, 0.1) is 0 Å². The maximum atomic E-state index is 6.54. The van der Waals surface area contributed by atoms with E-state index in [1.807, 2.05) is 12.1 Å². The van der Waals surface area contributed by atoms with E-state index in [4.69, 9.17) is 8.83 Å². The van der Waals surface area contributed by atoms with Gasteiger partial charge in [-0.15, -0.1) is 0 Å². The molecule has 0 radical (unpaired) electrons. The van der Waals surface area contributed by atoms with Crippen LogP contribution in [-0.4, -0.2) is 0 Å². The molecule has 3 heteroatoms. The number of hydrogen-bond donors (Lipinski definition) is 0. The molecule has 0 aliphatic rings. The number of fused-ring (bicyclic) bond motifs is 10. The number of nitrogens with zero attached hydrogens (tertiary/aromatic N) is 1.